The van der Waals surface area contributed by atoms with Crippen LogP contribution in [0.1, 0.15) is 71.3 Å². The molecule has 1 amide bonds. The number of amidine groups is 1. The summed E-state index contributed by atoms with van der Waals surface area (Å²) in [7, 11) is 0. The molecule has 0 bridgehead atoms. The number of piperazine rings is 1. The zero-order valence-corrected chi connectivity index (χ0v) is 20.8. The number of carbonyl (C=O) groups excluding carboxylic acids is 1. The van der Waals surface area contributed by atoms with Gasteiger partial charge in [-0.2, -0.15) is 0 Å². The number of benzene rings is 1. The zero-order valence-electron chi connectivity index (χ0n) is 20.0. The van der Waals surface area contributed by atoms with Crippen molar-refractivity contribution in [1.29, 1.82) is 0 Å². The Kier molecular flexibility index (Phi) is 7.34. The first kappa shape index (κ1) is 24.1. The number of carbonyl (C=O) groups is 1. The Bertz CT molecular complexity index is 936. The lowest BCUT2D eigenvalue weighted by Gasteiger charge is -2.44. The molecule has 2 fully saturated rings. The van der Waals surface area contributed by atoms with Gasteiger partial charge in [-0.25, -0.2) is 4.99 Å². The highest BCUT2D eigenvalue weighted by Crippen LogP contribution is 2.46. The van der Waals surface area contributed by atoms with Crippen LogP contribution in [0.3, 0.4) is 0 Å². The van der Waals surface area contributed by atoms with Gasteiger partial charge in [0.1, 0.15) is 5.84 Å². The molecule has 2 heterocycles. The maximum Gasteiger partial charge on any atom is 0.274 e. The van der Waals surface area contributed by atoms with Gasteiger partial charge in [-0.3, -0.25) is 4.79 Å². The zero-order chi connectivity index (χ0) is 23.6. The number of hydrogen-bond donors (Lipinski definition) is 1. The highest BCUT2D eigenvalue weighted by Gasteiger charge is 2.44. The minimum Gasteiger partial charge on any atom is -0.491 e. The fourth-order valence-corrected chi connectivity index (χ4v) is 5.59. The third-order valence-electron chi connectivity index (χ3n) is 7.22. The summed E-state index contributed by atoms with van der Waals surface area (Å²) in [5, 5.41) is 11.7. The van der Waals surface area contributed by atoms with E-state index in [1.165, 1.54) is 5.56 Å². The van der Waals surface area contributed by atoms with E-state index in [-0.39, 0.29) is 17.4 Å². The number of aliphatic hydroxyl groups is 1. The number of halogens is 1. The van der Waals surface area contributed by atoms with Crippen LogP contribution in [-0.2, 0) is 14.9 Å². The third-order valence-corrected chi connectivity index (χ3v) is 7.46. The highest BCUT2D eigenvalue weighted by atomic mass is 35.5. The Balaban J connectivity index is 1.69. The lowest BCUT2D eigenvalue weighted by molar-refractivity contribution is -0.133. The van der Waals surface area contributed by atoms with Crippen molar-refractivity contribution in [3.05, 3.63) is 46.3 Å². The van der Waals surface area contributed by atoms with Gasteiger partial charge >= 0.3 is 0 Å². The Morgan fingerprint density at radius 3 is 2.70 bits per heavy atom. The first-order valence-corrected chi connectivity index (χ1v) is 12.7. The normalized spacial score (nSPS) is 22.7. The van der Waals surface area contributed by atoms with E-state index >= 15 is 0 Å². The number of hydrogen-bond acceptors (Lipinski definition) is 5. The Morgan fingerprint density at radius 2 is 2.03 bits per heavy atom. The van der Waals surface area contributed by atoms with E-state index in [1.54, 1.807) is 0 Å². The van der Waals surface area contributed by atoms with E-state index in [1.807, 2.05) is 35.8 Å². The van der Waals surface area contributed by atoms with Gasteiger partial charge in [-0.15, -0.1) is 0 Å². The number of unbranched alkanes of at least 4 members (excludes halogenated alkanes) is 1. The molecule has 3 aliphatic rings. The van der Waals surface area contributed by atoms with Crippen molar-refractivity contribution in [3.8, 4) is 0 Å². The van der Waals surface area contributed by atoms with E-state index < -0.39 is 6.23 Å². The molecule has 0 aromatic heterocycles. The smallest absolute Gasteiger partial charge is 0.274 e. The molecule has 1 atom stereocenters. The number of nitrogens with zero attached hydrogens (tertiary/aromatic N) is 3. The predicted octanol–water partition coefficient (Wildman–Crippen LogP) is 4.85. The van der Waals surface area contributed by atoms with Crippen molar-refractivity contribution >= 4 is 23.3 Å². The maximum absolute atomic E-state index is 13.5. The van der Waals surface area contributed by atoms with Crippen LogP contribution < -0.4 is 0 Å². The van der Waals surface area contributed by atoms with Crippen LogP contribution in [0.5, 0.6) is 0 Å². The Hall–Kier alpha value is -2.05. The van der Waals surface area contributed by atoms with Crippen LogP contribution in [0.2, 0.25) is 5.02 Å². The second kappa shape index (κ2) is 10.1. The lowest BCUT2D eigenvalue weighted by Crippen LogP contribution is -2.56. The molecule has 1 saturated heterocycles. The van der Waals surface area contributed by atoms with Crippen molar-refractivity contribution in [1.82, 2.24) is 9.80 Å². The van der Waals surface area contributed by atoms with Crippen molar-refractivity contribution in [2.75, 3.05) is 19.7 Å². The molecular weight excluding hydrogens is 438 g/mol. The summed E-state index contributed by atoms with van der Waals surface area (Å²) in [4.78, 5) is 22.1. The summed E-state index contributed by atoms with van der Waals surface area (Å²) in [6, 6.07) is 8.20. The third kappa shape index (κ3) is 4.78. The molecule has 1 aromatic carbocycles. The summed E-state index contributed by atoms with van der Waals surface area (Å²) in [5.41, 5.74) is 1.59. The maximum atomic E-state index is 13.5. The largest absolute Gasteiger partial charge is 0.491 e. The SMILES string of the molecule is CCCCOC1=C2C(=O)N(C(C)C)CCN2C(CC2(c3cccc(Cl)c3)CCCC2)=NC1O. The molecule has 1 N–H and O–H groups in total. The number of ether oxygens (including phenoxy) is 1. The lowest BCUT2D eigenvalue weighted by atomic mass is 9.75. The number of aliphatic imine (C=N–C) groups is 1. The van der Waals surface area contributed by atoms with Gasteiger partial charge in [-0.1, -0.05) is 49.9 Å². The van der Waals surface area contributed by atoms with E-state index in [2.05, 4.69) is 19.1 Å². The van der Waals surface area contributed by atoms with Crippen LogP contribution in [0, 0.1) is 0 Å². The van der Waals surface area contributed by atoms with Crippen molar-refractivity contribution < 1.29 is 14.6 Å². The second-order valence-corrected chi connectivity index (χ2v) is 10.2. The second-order valence-electron chi connectivity index (χ2n) is 9.75. The van der Waals surface area contributed by atoms with Crippen LogP contribution in [0.4, 0.5) is 0 Å². The summed E-state index contributed by atoms with van der Waals surface area (Å²) in [5.74, 6) is 0.988. The van der Waals surface area contributed by atoms with Gasteiger partial charge < -0.3 is 19.6 Å². The Labute approximate surface area is 202 Å². The Morgan fingerprint density at radius 1 is 1.27 bits per heavy atom. The average Bonchev–Trinajstić information content (AvgIpc) is 3.25. The molecule has 1 aliphatic carbocycles. The summed E-state index contributed by atoms with van der Waals surface area (Å²) < 4.78 is 5.96. The number of fused-ring (bicyclic) bond motifs is 1. The molecule has 2 aliphatic heterocycles. The fourth-order valence-electron chi connectivity index (χ4n) is 5.40. The highest BCUT2D eigenvalue weighted by molar-refractivity contribution is 6.30. The summed E-state index contributed by atoms with van der Waals surface area (Å²) in [6.07, 6.45) is 5.74. The number of aliphatic hydroxyl groups excluding tert-OH is 1. The summed E-state index contributed by atoms with van der Waals surface area (Å²) in [6.45, 7) is 7.87. The van der Waals surface area contributed by atoms with E-state index in [0.29, 0.717) is 37.6 Å². The standard InChI is InChI=1S/C26H36ClN3O3/c1-4-5-15-33-23-22-25(32)29(18(2)3)13-14-30(22)21(28-24(23)31)17-26(11-6-7-12-26)19-9-8-10-20(27)16-19/h8-10,16,18,24,31H,4-7,11-15,17H2,1-3H3. The molecular formula is C26H36ClN3O3. The minimum absolute atomic E-state index is 0.0798. The van der Waals surface area contributed by atoms with Crippen LogP contribution >= 0.6 is 11.6 Å². The first-order valence-electron chi connectivity index (χ1n) is 12.3. The van der Waals surface area contributed by atoms with Crippen LogP contribution in [-0.4, -0.2) is 58.6 Å². The van der Waals surface area contributed by atoms with Gasteiger partial charge in [0.05, 0.1) is 6.61 Å². The van der Waals surface area contributed by atoms with Gasteiger partial charge in [0.15, 0.2) is 11.5 Å². The molecule has 180 valence electrons. The van der Waals surface area contributed by atoms with E-state index in [0.717, 1.165) is 49.4 Å². The summed E-state index contributed by atoms with van der Waals surface area (Å²) >= 11 is 6.35. The first-order chi connectivity index (χ1) is 15.9. The van der Waals surface area contributed by atoms with Crippen LogP contribution in [0.15, 0.2) is 40.7 Å². The molecule has 1 aromatic rings. The topological polar surface area (TPSA) is 65.4 Å². The van der Waals surface area contributed by atoms with E-state index in [9.17, 15) is 9.90 Å². The molecule has 1 unspecified atom stereocenters. The van der Waals surface area contributed by atoms with Crippen molar-refractivity contribution in [3.63, 3.8) is 0 Å². The minimum atomic E-state index is -1.16. The molecule has 1 saturated carbocycles. The molecule has 0 radical (unpaired) electrons. The number of amides is 1. The average molecular weight is 474 g/mol. The quantitative estimate of drug-likeness (QED) is 0.548. The molecule has 0 spiro atoms. The van der Waals surface area contributed by atoms with Gasteiger partial charge in [0.2, 0.25) is 6.23 Å². The van der Waals surface area contributed by atoms with E-state index in [4.69, 9.17) is 21.3 Å². The number of rotatable bonds is 8. The van der Waals surface area contributed by atoms with Gasteiger partial charge in [0.25, 0.3) is 5.91 Å². The monoisotopic (exact) mass is 473 g/mol. The van der Waals surface area contributed by atoms with Gasteiger partial charge in [0, 0.05) is 36.0 Å². The molecule has 33 heavy (non-hydrogen) atoms. The molecule has 7 heteroatoms. The van der Waals surface area contributed by atoms with Crippen molar-refractivity contribution in [2.24, 2.45) is 4.99 Å². The molecule has 4 rings (SSSR count). The predicted molar refractivity (Wildman–Crippen MR) is 131 cm³/mol. The van der Waals surface area contributed by atoms with Crippen molar-refractivity contribution in [2.45, 2.75) is 83.4 Å². The fraction of sp³-hybridized carbons (Fsp3) is 0.615. The molecule has 6 nitrogen and oxygen atoms in total. The van der Waals surface area contributed by atoms with Crippen LogP contribution in [0.25, 0.3) is 0 Å². The van der Waals surface area contributed by atoms with Gasteiger partial charge in [-0.05, 0) is 50.8 Å².